The zero-order valence-electron chi connectivity index (χ0n) is 11.1. The van der Waals surface area contributed by atoms with Crippen molar-refractivity contribution in [1.82, 2.24) is 10.2 Å². The van der Waals surface area contributed by atoms with E-state index >= 15 is 0 Å². The third-order valence-electron chi connectivity index (χ3n) is 3.97. The number of aliphatic carboxylic acids is 1. The highest BCUT2D eigenvalue weighted by molar-refractivity contribution is 5.83. The second kappa shape index (κ2) is 5.16. The van der Waals surface area contributed by atoms with E-state index in [9.17, 15) is 9.59 Å². The van der Waals surface area contributed by atoms with Crippen LogP contribution in [0, 0.1) is 11.8 Å². The number of nitrogens with one attached hydrogen (secondary N) is 1. The van der Waals surface area contributed by atoms with Gasteiger partial charge in [0, 0.05) is 12.6 Å². The van der Waals surface area contributed by atoms with Gasteiger partial charge in [0.1, 0.15) is 6.04 Å². The highest BCUT2D eigenvalue weighted by Gasteiger charge is 2.39. The first-order valence-corrected chi connectivity index (χ1v) is 6.80. The monoisotopic (exact) mass is 254 g/mol. The fourth-order valence-corrected chi connectivity index (χ4v) is 2.76. The number of likely N-dealkylation sites (tertiary alicyclic amines) is 1. The largest absolute Gasteiger partial charge is 0.480 e. The van der Waals surface area contributed by atoms with Crippen molar-refractivity contribution >= 4 is 12.0 Å². The van der Waals surface area contributed by atoms with Crippen molar-refractivity contribution in [1.29, 1.82) is 0 Å². The van der Waals surface area contributed by atoms with Gasteiger partial charge in [0.05, 0.1) is 0 Å². The van der Waals surface area contributed by atoms with E-state index < -0.39 is 12.0 Å². The molecule has 0 aromatic rings. The van der Waals surface area contributed by atoms with Crippen LogP contribution in [-0.4, -0.2) is 40.6 Å². The summed E-state index contributed by atoms with van der Waals surface area (Å²) in [6, 6.07) is -0.657. The molecular formula is C13H22N2O3. The summed E-state index contributed by atoms with van der Waals surface area (Å²) in [6.07, 6.45) is 3.85. The molecule has 1 saturated heterocycles. The molecule has 2 aliphatic rings. The molecule has 2 fully saturated rings. The topological polar surface area (TPSA) is 69.6 Å². The second-order valence-electron chi connectivity index (χ2n) is 5.75. The van der Waals surface area contributed by atoms with Crippen molar-refractivity contribution in [3.05, 3.63) is 0 Å². The number of urea groups is 1. The fourth-order valence-electron chi connectivity index (χ4n) is 2.76. The maximum absolute atomic E-state index is 12.2. The van der Waals surface area contributed by atoms with Crippen molar-refractivity contribution in [3.8, 4) is 0 Å². The third kappa shape index (κ3) is 2.76. The van der Waals surface area contributed by atoms with Gasteiger partial charge in [0.25, 0.3) is 0 Å². The molecular weight excluding hydrogens is 232 g/mol. The molecule has 0 radical (unpaired) electrons. The van der Waals surface area contributed by atoms with Crippen molar-refractivity contribution in [2.24, 2.45) is 11.8 Å². The Bertz CT molecular complexity index is 339. The van der Waals surface area contributed by atoms with Crippen LogP contribution in [0.4, 0.5) is 4.79 Å². The molecule has 2 N–H and O–H groups in total. The predicted octanol–water partition coefficient (Wildman–Crippen LogP) is 1.68. The van der Waals surface area contributed by atoms with E-state index in [2.05, 4.69) is 19.2 Å². The predicted molar refractivity (Wildman–Crippen MR) is 67.2 cm³/mol. The summed E-state index contributed by atoms with van der Waals surface area (Å²) in [5.41, 5.74) is 0. The van der Waals surface area contributed by atoms with Crippen molar-refractivity contribution in [3.63, 3.8) is 0 Å². The number of carboxylic acids is 1. The number of amides is 2. The van der Waals surface area contributed by atoms with Gasteiger partial charge in [0.15, 0.2) is 0 Å². The van der Waals surface area contributed by atoms with Crippen LogP contribution in [0.15, 0.2) is 0 Å². The molecule has 5 nitrogen and oxygen atoms in total. The fraction of sp³-hybridized carbons (Fsp3) is 0.846. The molecule has 1 heterocycles. The molecule has 1 saturated carbocycles. The van der Waals surface area contributed by atoms with Crippen molar-refractivity contribution in [2.75, 3.05) is 6.54 Å². The maximum atomic E-state index is 12.2. The van der Waals surface area contributed by atoms with Crippen LogP contribution in [0.1, 0.15) is 39.5 Å². The molecule has 18 heavy (non-hydrogen) atoms. The molecule has 1 aliphatic carbocycles. The van der Waals surface area contributed by atoms with Crippen molar-refractivity contribution < 1.29 is 14.7 Å². The average molecular weight is 254 g/mol. The van der Waals surface area contributed by atoms with Crippen LogP contribution in [0.2, 0.25) is 0 Å². The maximum Gasteiger partial charge on any atom is 0.326 e. The number of carbonyl (C=O) groups excluding carboxylic acids is 1. The molecule has 1 aliphatic heterocycles. The molecule has 2 amide bonds. The lowest BCUT2D eigenvalue weighted by Gasteiger charge is -2.29. The van der Waals surface area contributed by atoms with Crippen LogP contribution >= 0.6 is 0 Å². The molecule has 2 unspecified atom stereocenters. The van der Waals surface area contributed by atoms with E-state index in [0.717, 1.165) is 32.2 Å². The summed E-state index contributed by atoms with van der Waals surface area (Å²) >= 11 is 0. The number of nitrogens with zero attached hydrogens (tertiary/aromatic N) is 1. The minimum Gasteiger partial charge on any atom is -0.480 e. The van der Waals surface area contributed by atoms with Gasteiger partial charge in [-0.1, -0.05) is 13.8 Å². The van der Waals surface area contributed by atoms with Gasteiger partial charge < -0.3 is 15.3 Å². The Hall–Kier alpha value is -1.26. The summed E-state index contributed by atoms with van der Waals surface area (Å²) in [6.45, 7) is 4.95. The first-order chi connectivity index (χ1) is 8.50. The summed E-state index contributed by atoms with van der Waals surface area (Å²) < 4.78 is 0. The third-order valence-corrected chi connectivity index (χ3v) is 3.97. The van der Waals surface area contributed by atoms with Gasteiger partial charge in [-0.25, -0.2) is 9.59 Å². The smallest absolute Gasteiger partial charge is 0.326 e. The lowest BCUT2D eigenvalue weighted by atomic mass is 10.0. The van der Waals surface area contributed by atoms with E-state index in [1.54, 1.807) is 0 Å². The lowest BCUT2D eigenvalue weighted by Crippen LogP contribution is -2.51. The van der Waals surface area contributed by atoms with Crippen LogP contribution < -0.4 is 5.32 Å². The lowest BCUT2D eigenvalue weighted by molar-refractivity contribution is -0.139. The summed E-state index contributed by atoms with van der Waals surface area (Å²) in [4.78, 5) is 25.1. The Morgan fingerprint density at radius 2 is 1.94 bits per heavy atom. The highest BCUT2D eigenvalue weighted by atomic mass is 16.4. The Morgan fingerprint density at radius 1 is 1.28 bits per heavy atom. The first kappa shape index (κ1) is 13.2. The zero-order valence-corrected chi connectivity index (χ0v) is 11.1. The summed E-state index contributed by atoms with van der Waals surface area (Å²) in [5, 5.41) is 11.8. The standard InChI is InChI=1S/C13H22N2O3/c1-8(2)10-4-3-7-15(10)13(18)14-11(12(16)17)9-5-6-9/h8-11H,3-7H2,1-2H3,(H,14,18)(H,16,17). The first-order valence-electron chi connectivity index (χ1n) is 6.80. The molecule has 0 aromatic carbocycles. The zero-order chi connectivity index (χ0) is 13.3. The Kier molecular flexibility index (Phi) is 3.78. The molecule has 0 bridgehead atoms. The number of hydrogen-bond acceptors (Lipinski definition) is 2. The van der Waals surface area contributed by atoms with Gasteiger partial charge in [-0.15, -0.1) is 0 Å². The van der Waals surface area contributed by atoms with Crippen LogP contribution in [0.3, 0.4) is 0 Å². The van der Waals surface area contributed by atoms with Crippen LogP contribution in [-0.2, 0) is 4.79 Å². The summed E-state index contributed by atoms with van der Waals surface area (Å²) in [7, 11) is 0. The molecule has 2 atom stereocenters. The van der Waals surface area contributed by atoms with Gasteiger partial charge >= 0.3 is 12.0 Å². The SMILES string of the molecule is CC(C)C1CCCN1C(=O)NC(C(=O)O)C1CC1. The second-order valence-corrected chi connectivity index (χ2v) is 5.75. The normalized spacial score (nSPS) is 25.3. The number of carbonyl (C=O) groups is 2. The van der Waals surface area contributed by atoms with E-state index in [1.807, 2.05) is 4.90 Å². The number of hydrogen-bond donors (Lipinski definition) is 2. The summed E-state index contributed by atoms with van der Waals surface area (Å²) in [5.74, 6) is -0.361. The van der Waals surface area contributed by atoms with E-state index in [0.29, 0.717) is 5.92 Å². The van der Waals surface area contributed by atoms with E-state index in [4.69, 9.17) is 5.11 Å². The van der Waals surface area contributed by atoms with Crippen LogP contribution in [0.5, 0.6) is 0 Å². The molecule has 102 valence electrons. The molecule has 0 aromatic heterocycles. The number of carboxylic acid groups (broad SMARTS) is 1. The molecule has 2 rings (SSSR count). The minimum atomic E-state index is -0.911. The van der Waals surface area contributed by atoms with E-state index in [1.165, 1.54) is 0 Å². The van der Waals surface area contributed by atoms with E-state index in [-0.39, 0.29) is 18.0 Å². The molecule has 0 spiro atoms. The van der Waals surface area contributed by atoms with Crippen LogP contribution in [0.25, 0.3) is 0 Å². The Balaban J connectivity index is 1.96. The highest BCUT2D eigenvalue weighted by Crippen LogP contribution is 2.33. The van der Waals surface area contributed by atoms with Gasteiger partial charge in [0.2, 0.25) is 0 Å². The van der Waals surface area contributed by atoms with Crippen molar-refractivity contribution in [2.45, 2.75) is 51.6 Å². The minimum absolute atomic E-state index is 0.131. The quantitative estimate of drug-likeness (QED) is 0.802. The van der Waals surface area contributed by atoms with Gasteiger partial charge in [-0.05, 0) is 37.5 Å². The van der Waals surface area contributed by atoms with Gasteiger partial charge in [-0.2, -0.15) is 0 Å². The Labute approximate surface area is 108 Å². The van der Waals surface area contributed by atoms with Gasteiger partial charge in [-0.3, -0.25) is 0 Å². The average Bonchev–Trinajstić information content (AvgIpc) is 3.00. The number of rotatable bonds is 4. The molecule has 5 heteroatoms. The Morgan fingerprint density at radius 3 is 2.44 bits per heavy atom.